The fourth-order valence-electron chi connectivity index (χ4n) is 5.96. The van der Waals surface area contributed by atoms with Crippen LogP contribution in [0.2, 0.25) is 0 Å². The van der Waals surface area contributed by atoms with Crippen LogP contribution in [0.3, 0.4) is 0 Å². The largest absolute Gasteiger partial charge is 0.493 e. The standard InChI is InChI=1S/C28H33N5O3/c1-35-25-15-24-22(28(31-17-30-24)32-23-7-3-5-18-4-2-6-21(18)23)14-26(25)36-20-10-8-19(9-11-20)33-13-12-29-27(34)16-33/h3,5,7,14-15,17,19-20H,2,4,6,8-13,16H2,1H3,(H,29,34)(H,30,31,32)/t19-,20-. The molecule has 2 heterocycles. The molecule has 6 rings (SSSR count). The number of ether oxygens (including phenoxy) is 2. The van der Waals surface area contributed by atoms with Gasteiger partial charge in [0.25, 0.3) is 0 Å². The number of piperazine rings is 1. The second-order valence-electron chi connectivity index (χ2n) is 10.0. The minimum absolute atomic E-state index is 0.115. The van der Waals surface area contributed by atoms with Crippen LogP contribution in [0.15, 0.2) is 36.7 Å². The first kappa shape index (κ1) is 23.0. The SMILES string of the molecule is COc1cc2ncnc(Nc3cccc4c3CCC4)c2cc1O[C@H]1CC[C@H](N2CCNC(=O)C2)CC1. The molecule has 1 saturated heterocycles. The van der Waals surface area contributed by atoms with Crippen molar-refractivity contribution in [3.8, 4) is 11.5 Å². The van der Waals surface area contributed by atoms with Crippen LogP contribution in [0.5, 0.6) is 11.5 Å². The number of nitrogens with zero attached hydrogens (tertiary/aromatic N) is 3. The second-order valence-corrected chi connectivity index (χ2v) is 10.0. The van der Waals surface area contributed by atoms with Gasteiger partial charge in [-0.3, -0.25) is 9.69 Å². The number of amides is 1. The van der Waals surface area contributed by atoms with E-state index in [-0.39, 0.29) is 12.0 Å². The number of anilines is 2. The van der Waals surface area contributed by atoms with E-state index in [0.717, 1.165) is 79.8 Å². The Labute approximate surface area is 211 Å². The Kier molecular flexibility index (Phi) is 6.35. The topological polar surface area (TPSA) is 88.6 Å². The van der Waals surface area contributed by atoms with Gasteiger partial charge in [-0.25, -0.2) is 9.97 Å². The number of benzene rings is 2. The Hall–Kier alpha value is -3.39. The highest BCUT2D eigenvalue weighted by molar-refractivity contribution is 5.93. The zero-order valence-corrected chi connectivity index (χ0v) is 20.8. The number of hydrogen-bond donors (Lipinski definition) is 2. The summed E-state index contributed by atoms with van der Waals surface area (Å²) in [4.78, 5) is 23.2. The predicted octanol–water partition coefficient (Wildman–Crippen LogP) is 3.99. The van der Waals surface area contributed by atoms with Gasteiger partial charge >= 0.3 is 0 Å². The Balaban J connectivity index is 1.21. The number of aromatic nitrogens is 2. The lowest BCUT2D eigenvalue weighted by Crippen LogP contribution is -2.52. The van der Waals surface area contributed by atoms with E-state index < -0.39 is 0 Å². The van der Waals surface area contributed by atoms with E-state index in [2.05, 4.69) is 43.7 Å². The summed E-state index contributed by atoms with van der Waals surface area (Å²) in [6, 6.07) is 10.9. The fourth-order valence-corrected chi connectivity index (χ4v) is 5.96. The van der Waals surface area contributed by atoms with Gasteiger partial charge in [0, 0.05) is 36.3 Å². The molecular formula is C28H33N5O3. The summed E-state index contributed by atoms with van der Waals surface area (Å²) >= 11 is 0. The number of fused-ring (bicyclic) bond motifs is 2. The van der Waals surface area contributed by atoms with Crippen molar-refractivity contribution in [1.29, 1.82) is 0 Å². The van der Waals surface area contributed by atoms with Crippen molar-refractivity contribution in [3.63, 3.8) is 0 Å². The van der Waals surface area contributed by atoms with Crippen molar-refractivity contribution >= 4 is 28.3 Å². The van der Waals surface area contributed by atoms with Gasteiger partial charge in [-0.1, -0.05) is 12.1 Å². The first-order chi connectivity index (χ1) is 17.7. The first-order valence-corrected chi connectivity index (χ1v) is 13.1. The molecule has 1 aliphatic heterocycles. The summed E-state index contributed by atoms with van der Waals surface area (Å²) < 4.78 is 12.2. The van der Waals surface area contributed by atoms with Gasteiger partial charge in [-0.2, -0.15) is 0 Å². The molecule has 2 aliphatic carbocycles. The van der Waals surface area contributed by atoms with Crippen LogP contribution in [0.25, 0.3) is 10.9 Å². The number of hydrogen-bond acceptors (Lipinski definition) is 7. The van der Waals surface area contributed by atoms with E-state index in [0.29, 0.717) is 18.3 Å². The highest BCUT2D eigenvalue weighted by Crippen LogP contribution is 2.38. The van der Waals surface area contributed by atoms with Gasteiger partial charge in [0.05, 0.1) is 25.3 Å². The predicted molar refractivity (Wildman–Crippen MR) is 139 cm³/mol. The van der Waals surface area contributed by atoms with Gasteiger partial charge in [0.2, 0.25) is 5.91 Å². The third-order valence-electron chi connectivity index (χ3n) is 7.84. The van der Waals surface area contributed by atoms with Crippen molar-refractivity contribution in [1.82, 2.24) is 20.2 Å². The smallest absolute Gasteiger partial charge is 0.234 e. The van der Waals surface area contributed by atoms with Crippen LogP contribution in [0, 0.1) is 0 Å². The molecule has 1 saturated carbocycles. The third-order valence-corrected chi connectivity index (χ3v) is 7.84. The van der Waals surface area contributed by atoms with Crippen LogP contribution in [0.4, 0.5) is 11.5 Å². The molecule has 0 radical (unpaired) electrons. The lowest BCUT2D eigenvalue weighted by atomic mass is 9.91. The maximum Gasteiger partial charge on any atom is 0.234 e. The molecule has 188 valence electrons. The van der Waals surface area contributed by atoms with Gasteiger partial charge in [-0.15, -0.1) is 0 Å². The van der Waals surface area contributed by atoms with E-state index in [1.54, 1.807) is 13.4 Å². The highest BCUT2D eigenvalue weighted by Gasteiger charge is 2.30. The molecule has 2 fully saturated rings. The Morgan fingerprint density at radius 1 is 1.08 bits per heavy atom. The molecule has 36 heavy (non-hydrogen) atoms. The monoisotopic (exact) mass is 487 g/mol. The maximum atomic E-state index is 11.8. The number of nitrogens with one attached hydrogen (secondary N) is 2. The van der Waals surface area contributed by atoms with E-state index in [1.807, 2.05) is 12.1 Å². The second kappa shape index (κ2) is 9.93. The van der Waals surface area contributed by atoms with Crippen LogP contribution >= 0.6 is 0 Å². The van der Waals surface area contributed by atoms with Gasteiger partial charge in [-0.05, 0) is 68.2 Å². The van der Waals surface area contributed by atoms with Crippen molar-refractivity contribution in [2.75, 3.05) is 32.1 Å². The first-order valence-electron chi connectivity index (χ1n) is 13.1. The van der Waals surface area contributed by atoms with Crippen molar-refractivity contribution in [2.24, 2.45) is 0 Å². The van der Waals surface area contributed by atoms with Crippen LogP contribution in [-0.4, -0.2) is 59.7 Å². The average molecular weight is 488 g/mol. The van der Waals surface area contributed by atoms with Crippen LogP contribution < -0.4 is 20.1 Å². The Morgan fingerprint density at radius 3 is 2.81 bits per heavy atom. The molecule has 1 aromatic heterocycles. The third kappa shape index (κ3) is 4.57. The van der Waals surface area contributed by atoms with E-state index >= 15 is 0 Å². The zero-order valence-electron chi connectivity index (χ0n) is 20.8. The molecule has 0 spiro atoms. The van der Waals surface area contributed by atoms with Gasteiger partial charge in [0.15, 0.2) is 11.5 Å². The van der Waals surface area contributed by atoms with E-state index in [1.165, 1.54) is 17.5 Å². The minimum atomic E-state index is 0.115. The van der Waals surface area contributed by atoms with Crippen molar-refractivity contribution in [3.05, 3.63) is 47.8 Å². The van der Waals surface area contributed by atoms with Crippen LogP contribution in [-0.2, 0) is 17.6 Å². The summed E-state index contributed by atoms with van der Waals surface area (Å²) in [6.07, 6.45) is 9.10. The summed E-state index contributed by atoms with van der Waals surface area (Å²) in [5.74, 6) is 2.32. The molecular weight excluding hydrogens is 454 g/mol. The number of carbonyl (C=O) groups is 1. The molecule has 0 unspecified atom stereocenters. The number of carbonyl (C=O) groups excluding carboxylic acids is 1. The lowest BCUT2D eigenvalue weighted by Gasteiger charge is -2.38. The normalized spacial score (nSPS) is 22.2. The van der Waals surface area contributed by atoms with E-state index in [9.17, 15) is 4.79 Å². The lowest BCUT2D eigenvalue weighted by molar-refractivity contribution is -0.125. The molecule has 8 heteroatoms. The Bertz CT molecular complexity index is 1270. The zero-order chi connectivity index (χ0) is 24.5. The quantitative estimate of drug-likeness (QED) is 0.543. The fraction of sp³-hybridized carbons (Fsp3) is 0.464. The molecule has 1 amide bonds. The summed E-state index contributed by atoms with van der Waals surface area (Å²) in [6.45, 7) is 2.18. The van der Waals surface area contributed by atoms with Gasteiger partial charge < -0.3 is 20.1 Å². The number of aryl methyl sites for hydroxylation is 1. The molecule has 0 atom stereocenters. The van der Waals surface area contributed by atoms with Crippen LogP contribution in [0.1, 0.15) is 43.2 Å². The van der Waals surface area contributed by atoms with Gasteiger partial charge in [0.1, 0.15) is 12.1 Å². The summed E-state index contributed by atoms with van der Waals surface area (Å²) in [7, 11) is 1.67. The van der Waals surface area contributed by atoms with Crippen molar-refractivity contribution in [2.45, 2.75) is 57.1 Å². The average Bonchev–Trinajstić information content (AvgIpc) is 3.39. The molecule has 3 aromatic rings. The minimum Gasteiger partial charge on any atom is -0.493 e. The molecule has 8 nitrogen and oxygen atoms in total. The number of methoxy groups -OCH3 is 1. The molecule has 3 aliphatic rings. The maximum absolute atomic E-state index is 11.8. The molecule has 2 N–H and O–H groups in total. The summed E-state index contributed by atoms with van der Waals surface area (Å²) in [5, 5.41) is 7.41. The molecule has 0 bridgehead atoms. The summed E-state index contributed by atoms with van der Waals surface area (Å²) in [5.41, 5.74) is 4.74. The molecule has 2 aromatic carbocycles. The highest BCUT2D eigenvalue weighted by atomic mass is 16.5. The van der Waals surface area contributed by atoms with E-state index in [4.69, 9.17) is 9.47 Å². The van der Waals surface area contributed by atoms with Crippen molar-refractivity contribution < 1.29 is 14.3 Å². The number of rotatable bonds is 6. The Morgan fingerprint density at radius 2 is 1.97 bits per heavy atom.